The van der Waals surface area contributed by atoms with E-state index in [0.717, 1.165) is 0 Å². The number of nitrogens with zero attached hydrogens (tertiary/aromatic N) is 3. The number of aromatic nitrogens is 3. The Morgan fingerprint density at radius 2 is 2.06 bits per heavy atom. The zero-order chi connectivity index (χ0) is 13.4. The number of ether oxygens (including phenoxy) is 3. The Labute approximate surface area is 106 Å². The summed E-state index contributed by atoms with van der Waals surface area (Å²) in [4.78, 5) is 11.9. The van der Waals surface area contributed by atoms with Gasteiger partial charge in [0.25, 0.3) is 0 Å². The first-order chi connectivity index (χ1) is 8.69. The van der Waals surface area contributed by atoms with Gasteiger partial charge in [0.1, 0.15) is 0 Å². The zero-order valence-corrected chi connectivity index (χ0v) is 10.8. The van der Waals surface area contributed by atoms with Crippen LogP contribution in [0.2, 0.25) is 0 Å². The predicted molar refractivity (Wildman–Crippen MR) is 66.6 cm³/mol. The number of rotatable bonds is 8. The van der Waals surface area contributed by atoms with Crippen molar-refractivity contribution in [2.45, 2.75) is 13.0 Å². The third-order valence-electron chi connectivity index (χ3n) is 2.08. The number of hydrogen-bond acceptors (Lipinski definition) is 8. The molecule has 1 atom stereocenters. The van der Waals surface area contributed by atoms with E-state index < -0.39 is 0 Å². The van der Waals surface area contributed by atoms with Crippen molar-refractivity contribution in [2.75, 3.05) is 45.0 Å². The molecule has 1 rings (SSSR count). The Kier molecular flexibility index (Phi) is 6.09. The minimum atomic E-state index is -0.0940. The van der Waals surface area contributed by atoms with Crippen LogP contribution in [-0.2, 0) is 9.47 Å². The summed E-state index contributed by atoms with van der Waals surface area (Å²) in [7, 11) is 3.22. The summed E-state index contributed by atoms with van der Waals surface area (Å²) in [5.41, 5.74) is 5.55. The molecule has 0 aliphatic rings. The average Bonchev–Trinajstić information content (AvgIpc) is 2.34. The fraction of sp³-hybridized carbons (Fsp3) is 0.700. The van der Waals surface area contributed by atoms with Crippen LogP contribution in [0.5, 0.6) is 6.01 Å². The van der Waals surface area contributed by atoms with Gasteiger partial charge in [-0.25, -0.2) is 0 Å². The molecule has 0 radical (unpaired) electrons. The van der Waals surface area contributed by atoms with Crippen LogP contribution in [-0.4, -0.2) is 55.0 Å². The molecule has 0 fully saturated rings. The van der Waals surface area contributed by atoms with E-state index in [0.29, 0.717) is 25.7 Å². The lowest BCUT2D eigenvalue weighted by Gasteiger charge is -2.15. The van der Waals surface area contributed by atoms with Gasteiger partial charge in [0, 0.05) is 20.8 Å². The minimum Gasteiger partial charge on any atom is -0.464 e. The number of hydrogen-bond donors (Lipinski definition) is 2. The Hall–Kier alpha value is -1.67. The van der Waals surface area contributed by atoms with E-state index in [1.54, 1.807) is 14.2 Å². The normalized spacial score (nSPS) is 12.2. The number of anilines is 2. The largest absolute Gasteiger partial charge is 0.464 e. The molecule has 3 N–H and O–H groups in total. The van der Waals surface area contributed by atoms with Gasteiger partial charge in [-0.05, 0) is 6.92 Å². The first-order valence-corrected chi connectivity index (χ1v) is 5.59. The first-order valence-electron chi connectivity index (χ1n) is 5.59. The lowest BCUT2D eigenvalue weighted by molar-refractivity contribution is 0.0364. The third kappa shape index (κ3) is 4.68. The highest BCUT2D eigenvalue weighted by atomic mass is 16.5. The van der Waals surface area contributed by atoms with Gasteiger partial charge in [-0.15, -0.1) is 0 Å². The van der Waals surface area contributed by atoms with E-state index in [4.69, 9.17) is 19.9 Å². The Balaban J connectivity index is 2.60. The topological polar surface area (TPSA) is 104 Å². The van der Waals surface area contributed by atoms with Crippen molar-refractivity contribution >= 4 is 11.9 Å². The maximum absolute atomic E-state index is 5.55. The van der Waals surface area contributed by atoms with Gasteiger partial charge >= 0.3 is 6.01 Å². The van der Waals surface area contributed by atoms with Crippen molar-refractivity contribution in [3.05, 3.63) is 0 Å². The lowest BCUT2D eigenvalue weighted by Crippen LogP contribution is -2.27. The van der Waals surface area contributed by atoms with Crippen molar-refractivity contribution in [2.24, 2.45) is 0 Å². The van der Waals surface area contributed by atoms with Crippen LogP contribution in [0.25, 0.3) is 0 Å². The molecule has 0 bridgehead atoms. The third-order valence-corrected chi connectivity index (χ3v) is 2.08. The molecular formula is C10H19N5O3. The standard InChI is InChI=1S/C10H19N5O3/c1-4-18-10-14-8(11)13-9(15-10)12-5-7(17-3)6-16-2/h7H,4-6H2,1-3H3,(H3,11,12,13,14,15). The Morgan fingerprint density at radius 3 is 2.67 bits per heavy atom. The van der Waals surface area contributed by atoms with Crippen molar-refractivity contribution in [1.29, 1.82) is 0 Å². The fourth-order valence-electron chi connectivity index (χ4n) is 1.25. The van der Waals surface area contributed by atoms with E-state index in [9.17, 15) is 0 Å². The van der Waals surface area contributed by atoms with E-state index in [1.807, 2.05) is 6.92 Å². The van der Waals surface area contributed by atoms with Crippen LogP contribution in [0.1, 0.15) is 6.92 Å². The quantitative estimate of drug-likeness (QED) is 0.666. The summed E-state index contributed by atoms with van der Waals surface area (Å²) >= 11 is 0. The van der Waals surface area contributed by atoms with E-state index in [2.05, 4.69) is 20.3 Å². The van der Waals surface area contributed by atoms with Gasteiger partial charge in [0.2, 0.25) is 11.9 Å². The smallest absolute Gasteiger partial charge is 0.323 e. The van der Waals surface area contributed by atoms with Crippen LogP contribution in [0.4, 0.5) is 11.9 Å². The molecule has 8 heteroatoms. The molecule has 0 aromatic carbocycles. The summed E-state index contributed by atoms with van der Waals surface area (Å²) < 4.78 is 15.4. The van der Waals surface area contributed by atoms with Crippen molar-refractivity contribution in [3.63, 3.8) is 0 Å². The maximum atomic E-state index is 5.55. The Bertz CT molecular complexity index is 363. The molecule has 0 saturated heterocycles. The number of nitrogens with two attached hydrogens (primary N) is 1. The van der Waals surface area contributed by atoms with Crippen LogP contribution < -0.4 is 15.8 Å². The van der Waals surface area contributed by atoms with E-state index in [-0.39, 0.29) is 18.1 Å². The molecule has 1 aromatic heterocycles. The summed E-state index contributed by atoms with van der Waals surface area (Å²) in [6.45, 7) is 3.28. The molecule has 0 aliphatic carbocycles. The minimum absolute atomic E-state index is 0.0940. The second kappa shape index (κ2) is 7.62. The molecule has 0 saturated carbocycles. The van der Waals surface area contributed by atoms with Crippen LogP contribution in [0.3, 0.4) is 0 Å². The van der Waals surface area contributed by atoms with Crippen LogP contribution >= 0.6 is 0 Å². The number of nitrogen functional groups attached to an aromatic ring is 1. The SMILES string of the molecule is CCOc1nc(N)nc(NCC(COC)OC)n1. The predicted octanol–water partition coefficient (Wildman–Crippen LogP) is -0.0742. The van der Waals surface area contributed by atoms with E-state index in [1.165, 1.54) is 0 Å². The maximum Gasteiger partial charge on any atom is 0.323 e. The molecule has 0 aliphatic heterocycles. The first kappa shape index (κ1) is 14.4. The summed E-state index contributed by atoms with van der Waals surface area (Å²) in [5, 5.41) is 2.99. The number of methoxy groups -OCH3 is 2. The van der Waals surface area contributed by atoms with Gasteiger partial charge in [-0.3, -0.25) is 0 Å². The highest BCUT2D eigenvalue weighted by molar-refractivity contribution is 5.32. The molecular weight excluding hydrogens is 238 g/mol. The molecule has 1 unspecified atom stereocenters. The van der Waals surface area contributed by atoms with Gasteiger partial charge in [-0.1, -0.05) is 0 Å². The molecule has 0 spiro atoms. The van der Waals surface area contributed by atoms with Crippen molar-refractivity contribution in [3.8, 4) is 6.01 Å². The van der Waals surface area contributed by atoms with Gasteiger partial charge in [-0.2, -0.15) is 15.0 Å². The van der Waals surface area contributed by atoms with Crippen LogP contribution in [0.15, 0.2) is 0 Å². The van der Waals surface area contributed by atoms with Gasteiger partial charge < -0.3 is 25.3 Å². The van der Waals surface area contributed by atoms with E-state index >= 15 is 0 Å². The zero-order valence-electron chi connectivity index (χ0n) is 10.8. The highest BCUT2D eigenvalue weighted by Crippen LogP contribution is 2.08. The van der Waals surface area contributed by atoms with Crippen LogP contribution in [0, 0.1) is 0 Å². The molecule has 18 heavy (non-hydrogen) atoms. The molecule has 1 aromatic rings. The molecule has 8 nitrogen and oxygen atoms in total. The summed E-state index contributed by atoms with van der Waals surface area (Å²) in [5.74, 6) is 0.459. The highest BCUT2D eigenvalue weighted by Gasteiger charge is 2.09. The molecule has 102 valence electrons. The van der Waals surface area contributed by atoms with Gasteiger partial charge in [0.15, 0.2) is 0 Å². The summed E-state index contributed by atoms with van der Waals surface area (Å²) in [6.07, 6.45) is -0.0940. The number of nitrogens with one attached hydrogen (secondary N) is 1. The second-order valence-corrected chi connectivity index (χ2v) is 3.43. The summed E-state index contributed by atoms with van der Waals surface area (Å²) in [6, 6.07) is 0.202. The molecule has 1 heterocycles. The molecule has 0 amide bonds. The second-order valence-electron chi connectivity index (χ2n) is 3.43. The lowest BCUT2D eigenvalue weighted by atomic mass is 10.4. The average molecular weight is 257 g/mol. The fourth-order valence-corrected chi connectivity index (χ4v) is 1.25. The van der Waals surface area contributed by atoms with Crippen molar-refractivity contribution in [1.82, 2.24) is 15.0 Å². The van der Waals surface area contributed by atoms with Gasteiger partial charge in [0.05, 0.1) is 19.3 Å². The monoisotopic (exact) mass is 257 g/mol. The Morgan fingerprint density at radius 1 is 1.28 bits per heavy atom. The van der Waals surface area contributed by atoms with Crippen molar-refractivity contribution < 1.29 is 14.2 Å².